The highest BCUT2D eigenvalue weighted by Gasteiger charge is 2.05. The van der Waals surface area contributed by atoms with E-state index in [1.54, 1.807) is 30.3 Å². The first-order valence-corrected chi connectivity index (χ1v) is 8.75. The van der Waals surface area contributed by atoms with Crippen molar-refractivity contribution in [3.05, 3.63) is 71.9 Å². The molecule has 7 heteroatoms. The number of nitrogens with two attached hydrogens (primary N) is 2. The number of aliphatic carboxylic acids is 1. The molecular weight excluding hydrogens is 338 g/mol. The van der Waals surface area contributed by atoms with Crippen LogP contribution in [0.4, 0.5) is 5.69 Å². The van der Waals surface area contributed by atoms with Crippen molar-refractivity contribution in [3.8, 4) is 0 Å². The van der Waals surface area contributed by atoms with Gasteiger partial charge in [0.15, 0.2) is 0 Å². The Morgan fingerprint density at radius 1 is 1.08 bits per heavy atom. The number of aliphatic imine (C=N–C) groups is 1. The third-order valence-corrected chi connectivity index (χ3v) is 4.07. The Bertz CT molecular complexity index is 815. The van der Waals surface area contributed by atoms with Crippen LogP contribution in [0, 0.1) is 0 Å². The molecule has 0 aliphatic carbocycles. The quantitative estimate of drug-likeness (QED) is 0.660. The van der Waals surface area contributed by atoms with Crippen LogP contribution in [0.1, 0.15) is 18.4 Å². The standard InChI is InChI=1S/C18H19N3O3S/c19-14(6-11-18(22)23)12-17(13-4-2-1-3-5-13)21-15-7-9-16(10-8-15)25(20)24/h1-5,7-10,12H,6,11,19-20H2,(H,22,23)/b14-12-,21-17?. The van der Waals surface area contributed by atoms with E-state index in [4.69, 9.17) is 16.0 Å². The minimum atomic E-state index is -1.54. The molecule has 5 N–H and O–H groups in total. The zero-order chi connectivity index (χ0) is 18.2. The molecule has 2 aromatic carbocycles. The predicted molar refractivity (Wildman–Crippen MR) is 98.8 cm³/mol. The van der Waals surface area contributed by atoms with Crippen molar-refractivity contribution in [1.29, 1.82) is 0 Å². The van der Waals surface area contributed by atoms with Crippen molar-refractivity contribution in [2.24, 2.45) is 15.9 Å². The molecule has 1 atom stereocenters. The molecule has 0 aliphatic heterocycles. The molecule has 0 aliphatic rings. The van der Waals surface area contributed by atoms with Gasteiger partial charge in [-0.05, 0) is 36.8 Å². The lowest BCUT2D eigenvalue weighted by Crippen LogP contribution is -2.06. The number of hydrogen-bond donors (Lipinski definition) is 3. The van der Waals surface area contributed by atoms with Gasteiger partial charge in [-0.2, -0.15) is 0 Å². The summed E-state index contributed by atoms with van der Waals surface area (Å²) in [5.74, 6) is -0.903. The minimum absolute atomic E-state index is 0.0403. The van der Waals surface area contributed by atoms with Crippen LogP contribution in [0.15, 0.2) is 76.3 Å². The van der Waals surface area contributed by atoms with Crippen LogP contribution in [-0.4, -0.2) is 21.0 Å². The number of carbonyl (C=O) groups is 1. The van der Waals surface area contributed by atoms with Gasteiger partial charge in [0.1, 0.15) is 11.0 Å². The Morgan fingerprint density at radius 3 is 2.28 bits per heavy atom. The lowest BCUT2D eigenvalue weighted by Gasteiger charge is -2.06. The van der Waals surface area contributed by atoms with E-state index >= 15 is 0 Å². The van der Waals surface area contributed by atoms with Crippen LogP contribution in [0.2, 0.25) is 0 Å². The number of carboxylic acid groups (broad SMARTS) is 1. The molecule has 0 amide bonds. The molecule has 2 aromatic rings. The zero-order valence-electron chi connectivity index (χ0n) is 13.5. The lowest BCUT2D eigenvalue weighted by molar-refractivity contribution is -0.136. The Balaban J connectivity index is 2.35. The highest BCUT2D eigenvalue weighted by molar-refractivity contribution is 7.82. The third-order valence-electron chi connectivity index (χ3n) is 3.34. The highest BCUT2D eigenvalue weighted by atomic mass is 32.2. The fraction of sp³-hybridized carbons (Fsp3) is 0.111. The normalized spacial score (nSPS) is 13.5. The van der Waals surface area contributed by atoms with Crippen LogP contribution < -0.4 is 10.9 Å². The maximum atomic E-state index is 11.3. The predicted octanol–water partition coefficient (Wildman–Crippen LogP) is 2.50. The fourth-order valence-electron chi connectivity index (χ4n) is 2.08. The van der Waals surface area contributed by atoms with Crippen LogP contribution in [0.3, 0.4) is 0 Å². The van der Waals surface area contributed by atoms with Crippen molar-refractivity contribution in [1.82, 2.24) is 0 Å². The topological polar surface area (TPSA) is 119 Å². The Labute approximate surface area is 148 Å². The number of nitrogens with zero attached hydrogens (tertiary/aromatic N) is 1. The van der Waals surface area contributed by atoms with Crippen LogP contribution >= 0.6 is 0 Å². The Hall–Kier alpha value is -2.77. The van der Waals surface area contributed by atoms with Gasteiger partial charge in [-0.15, -0.1) is 0 Å². The lowest BCUT2D eigenvalue weighted by atomic mass is 10.1. The SMILES string of the molecule is N/C(=C\C(=Nc1ccc(S(N)=O)cc1)c1ccccc1)CCC(=O)O. The van der Waals surface area contributed by atoms with Crippen LogP contribution in [0.5, 0.6) is 0 Å². The first-order chi connectivity index (χ1) is 12.0. The summed E-state index contributed by atoms with van der Waals surface area (Å²) in [6.45, 7) is 0. The summed E-state index contributed by atoms with van der Waals surface area (Å²) in [5.41, 5.74) is 8.49. The largest absolute Gasteiger partial charge is 0.481 e. The van der Waals surface area contributed by atoms with Crippen LogP contribution in [-0.2, 0) is 15.8 Å². The van der Waals surface area contributed by atoms with Crippen molar-refractivity contribution in [2.45, 2.75) is 17.7 Å². The molecule has 0 bridgehead atoms. The molecular formula is C18H19N3O3S. The van der Waals surface area contributed by atoms with E-state index in [1.165, 1.54) is 0 Å². The summed E-state index contributed by atoms with van der Waals surface area (Å²) >= 11 is 0. The number of benzene rings is 2. The van der Waals surface area contributed by atoms with E-state index in [2.05, 4.69) is 4.99 Å². The van der Waals surface area contributed by atoms with E-state index in [0.717, 1.165) is 5.56 Å². The minimum Gasteiger partial charge on any atom is -0.481 e. The maximum absolute atomic E-state index is 11.3. The number of hydrogen-bond acceptors (Lipinski definition) is 4. The second kappa shape index (κ2) is 8.91. The molecule has 130 valence electrons. The highest BCUT2D eigenvalue weighted by Crippen LogP contribution is 2.17. The van der Waals surface area contributed by atoms with Gasteiger partial charge in [0.05, 0.1) is 22.7 Å². The molecule has 0 saturated carbocycles. The maximum Gasteiger partial charge on any atom is 0.303 e. The molecule has 2 rings (SSSR count). The van der Waals surface area contributed by atoms with Crippen molar-refractivity contribution >= 4 is 28.4 Å². The van der Waals surface area contributed by atoms with Crippen molar-refractivity contribution in [2.75, 3.05) is 0 Å². The van der Waals surface area contributed by atoms with Gasteiger partial charge in [-0.1, -0.05) is 30.3 Å². The van der Waals surface area contributed by atoms with E-state index in [1.807, 2.05) is 30.3 Å². The van der Waals surface area contributed by atoms with E-state index in [-0.39, 0.29) is 12.8 Å². The van der Waals surface area contributed by atoms with Gasteiger partial charge in [0.2, 0.25) is 0 Å². The molecule has 0 fully saturated rings. The van der Waals surface area contributed by atoms with Gasteiger partial charge in [-0.3, -0.25) is 4.79 Å². The Kier molecular flexibility index (Phi) is 6.62. The average molecular weight is 357 g/mol. The van der Waals surface area contributed by atoms with E-state index < -0.39 is 17.0 Å². The molecule has 0 spiro atoms. The van der Waals surface area contributed by atoms with Gasteiger partial charge < -0.3 is 10.8 Å². The van der Waals surface area contributed by atoms with E-state index in [9.17, 15) is 9.00 Å². The van der Waals surface area contributed by atoms with Crippen molar-refractivity contribution < 1.29 is 14.1 Å². The summed E-state index contributed by atoms with van der Waals surface area (Å²) in [6, 6.07) is 16.2. The molecule has 1 unspecified atom stereocenters. The zero-order valence-corrected chi connectivity index (χ0v) is 14.3. The molecule has 0 radical (unpaired) electrons. The van der Waals surface area contributed by atoms with Crippen molar-refractivity contribution in [3.63, 3.8) is 0 Å². The summed E-state index contributed by atoms with van der Waals surface area (Å²) in [4.78, 5) is 15.8. The summed E-state index contributed by atoms with van der Waals surface area (Å²) in [7, 11) is -1.54. The fourth-order valence-corrected chi connectivity index (χ4v) is 2.49. The number of allylic oxidation sites excluding steroid dienone is 2. The number of rotatable bonds is 7. The van der Waals surface area contributed by atoms with Gasteiger partial charge in [0.25, 0.3) is 0 Å². The molecule has 0 saturated heterocycles. The monoisotopic (exact) mass is 357 g/mol. The summed E-state index contributed by atoms with van der Waals surface area (Å²) in [5, 5.41) is 14.1. The van der Waals surface area contributed by atoms with Gasteiger partial charge in [0, 0.05) is 11.3 Å². The van der Waals surface area contributed by atoms with Crippen LogP contribution in [0.25, 0.3) is 0 Å². The third kappa shape index (κ3) is 5.98. The second-order valence-corrected chi connectivity index (χ2v) is 6.33. The molecule has 25 heavy (non-hydrogen) atoms. The number of carboxylic acids is 1. The molecule has 0 aromatic heterocycles. The Morgan fingerprint density at radius 2 is 1.72 bits per heavy atom. The molecule has 0 heterocycles. The second-order valence-electron chi connectivity index (χ2n) is 5.27. The van der Waals surface area contributed by atoms with Gasteiger partial charge in [-0.25, -0.2) is 14.3 Å². The van der Waals surface area contributed by atoms with E-state index in [0.29, 0.717) is 22.0 Å². The summed E-state index contributed by atoms with van der Waals surface area (Å²) < 4.78 is 11.3. The first-order valence-electron chi connectivity index (χ1n) is 7.54. The smallest absolute Gasteiger partial charge is 0.303 e. The van der Waals surface area contributed by atoms with Gasteiger partial charge >= 0.3 is 5.97 Å². The average Bonchev–Trinajstić information content (AvgIpc) is 2.60. The molecule has 6 nitrogen and oxygen atoms in total. The summed E-state index contributed by atoms with van der Waals surface area (Å²) in [6.07, 6.45) is 1.88. The first kappa shape index (κ1) is 18.6.